The molecule has 1 saturated heterocycles. The lowest BCUT2D eigenvalue weighted by atomic mass is 10.0. The van der Waals surface area contributed by atoms with Crippen molar-refractivity contribution in [2.45, 2.75) is 38.6 Å². The molecule has 1 aliphatic rings. The predicted octanol–water partition coefficient (Wildman–Crippen LogP) is 4.00. The molecule has 2 amide bonds. The van der Waals surface area contributed by atoms with Crippen LogP contribution in [-0.4, -0.2) is 35.8 Å². The van der Waals surface area contributed by atoms with Gasteiger partial charge in [0.2, 0.25) is 5.91 Å². The van der Waals surface area contributed by atoms with Crippen LogP contribution in [-0.2, 0) is 4.79 Å². The Balaban J connectivity index is 1.64. The van der Waals surface area contributed by atoms with Crippen LogP contribution in [0, 0.1) is 0 Å². The molecule has 0 bridgehead atoms. The minimum absolute atomic E-state index is 0.0250. The van der Waals surface area contributed by atoms with Crippen LogP contribution in [0.5, 0.6) is 11.5 Å². The summed E-state index contributed by atoms with van der Waals surface area (Å²) < 4.78 is 5.83. The third kappa shape index (κ3) is 5.33. The average Bonchev–Trinajstić information content (AvgIpc) is 2.69. The molecule has 1 atom stereocenters. The van der Waals surface area contributed by atoms with Gasteiger partial charge in [-0.05, 0) is 49.6 Å². The Morgan fingerprint density at radius 1 is 1.11 bits per heavy atom. The van der Waals surface area contributed by atoms with Gasteiger partial charge in [-0.2, -0.15) is 0 Å². The maximum absolute atomic E-state index is 12.9. The molecule has 0 unspecified atom stereocenters. The fourth-order valence-corrected chi connectivity index (χ4v) is 3.31. The van der Waals surface area contributed by atoms with Gasteiger partial charge in [0.25, 0.3) is 5.91 Å². The normalized spacial score (nSPS) is 16.6. The summed E-state index contributed by atoms with van der Waals surface area (Å²) in [5.41, 5.74) is 0.601. The van der Waals surface area contributed by atoms with Gasteiger partial charge in [0.05, 0.1) is 0 Å². The van der Waals surface area contributed by atoms with Crippen molar-refractivity contribution in [1.82, 2.24) is 10.2 Å². The summed E-state index contributed by atoms with van der Waals surface area (Å²) in [6, 6.07) is 16.8. The molecule has 5 nitrogen and oxygen atoms in total. The Morgan fingerprint density at radius 2 is 1.89 bits per heavy atom. The molecule has 0 spiro atoms. The van der Waals surface area contributed by atoms with E-state index in [1.165, 1.54) is 0 Å². The fraction of sp³-hybridized carbons (Fsp3) is 0.364. The van der Waals surface area contributed by atoms with Gasteiger partial charge in [-0.3, -0.25) is 9.59 Å². The van der Waals surface area contributed by atoms with Gasteiger partial charge in [-0.1, -0.05) is 31.2 Å². The summed E-state index contributed by atoms with van der Waals surface area (Å²) in [5.74, 6) is 1.41. The number of likely N-dealkylation sites (tertiary alicyclic amines) is 1. The number of ether oxygens (including phenoxy) is 1. The molecule has 1 fully saturated rings. The molecular weight excluding hydrogens is 340 g/mol. The molecule has 2 aromatic carbocycles. The van der Waals surface area contributed by atoms with E-state index in [2.05, 4.69) is 5.32 Å². The molecule has 1 aliphatic heterocycles. The van der Waals surface area contributed by atoms with Crippen molar-refractivity contribution in [3.05, 3.63) is 60.2 Å². The molecule has 1 N–H and O–H groups in total. The van der Waals surface area contributed by atoms with E-state index in [0.29, 0.717) is 30.8 Å². The molecule has 27 heavy (non-hydrogen) atoms. The minimum atomic E-state index is -0.0250. The van der Waals surface area contributed by atoms with Crippen LogP contribution in [0.1, 0.15) is 43.0 Å². The summed E-state index contributed by atoms with van der Waals surface area (Å²) in [5, 5.41) is 3.04. The van der Waals surface area contributed by atoms with E-state index in [4.69, 9.17) is 4.74 Å². The van der Waals surface area contributed by atoms with E-state index in [-0.39, 0.29) is 17.9 Å². The summed E-state index contributed by atoms with van der Waals surface area (Å²) in [6.45, 7) is 3.25. The molecule has 0 aromatic heterocycles. The molecule has 3 rings (SSSR count). The molecule has 0 radical (unpaired) electrons. The van der Waals surface area contributed by atoms with Gasteiger partial charge < -0.3 is 15.0 Å². The first kappa shape index (κ1) is 19.0. The van der Waals surface area contributed by atoms with Crippen molar-refractivity contribution in [3.8, 4) is 11.5 Å². The smallest absolute Gasteiger partial charge is 0.254 e. The summed E-state index contributed by atoms with van der Waals surface area (Å²) in [4.78, 5) is 26.6. The number of rotatable bonds is 6. The number of para-hydroxylation sites is 1. The highest BCUT2D eigenvalue weighted by Gasteiger charge is 2.25. The maximum Gasteiger partial charge on any atom is 0.254 e. The topological polar surface area (TPSA) is 58.6 Å². The van der Waals surface area contributed by atoms with Crippen molar-refractivity contribution >= 4 is 11.8 Å². The van der Waals surface area contributed by atoms with E-state index in [9.17, 15) is 9.59 Å². The standard InChI is InChI=1S/C22H26N2O3/c1-2-8-21(25)23-18-10-7-14-24(16-18)22(26)17-9-6-13-20(15-17)27-19-11-4-3-5-12-19/h3-6,9,11-13,15,18H,2,7-8,10,14,16H2,1H3,(H,23,25)/t18-/m0/s1. The lowest BCUT2D eigenvalue weighted by Crippen LogP contribution is -2.49. The van der Waals surface area contributed by atoms with Gasteiger partial charge in [-0.15, -0.1) is 0 Å². The van der Waals surface area contributed by atoms with Crippen molar-refractivity contribution in [2.75, 3.05) is 13.1 Å². The van der Waals surface area contributed by atoms with Gasteiger partial charge in [0, 0.05) is 31.1 Å². The number of piperidine rings is 1. The number of benzene rings is 2. The number of amides is 2. The van der Waals surface area contributed by atoms with E-state index < -0.39 is 0 Å². The zero-order valence-corrected chi connectivity index (χ0v) is 15.7. The first-order valence-corrected chi connectivity index (χ1v) is 9.57. The van der Waals surface area contributed by atoms with E-state index in [0.717, 1.165) is 25.0 Å². The molecular formula is C22H26N2O3. The van der Waals surface area contributed by atoms with Gasteiger partial charge >= 0.3 is 0 Å². The Kier molecular flexibility index (Phi) is 6.47. The Hall–Kier alpha value is -2.82. The quantitative estimate of drug-likeness (QED) is 0.841. The Morgan fingerprint density at radius 3 is 2.67 bits per heavy atom. The van der Waals surface area contributed by atoms with Crippen LogP contribution in [0.25, 0.3) is 0 Å². The highest BCUT2D eigenvalue weighted by Crippen LogP contribution is 2.23. The van der Waals surface area contributed by atoms with Crippen LogP contribution in [0.3, 0.4) is 0 Å². The number of carbonyl (C=O) groups excluding carboxylic acids is 2. The highest BCUT2D eigenvalue weighted by atomic mass is 16.5. The Labute approximate surface area is 160 Å². The van der Waals surface area contributed by atoms with Crippen molar-refractivity contribution < 1.29 is 14.3 Å². The largest absolute Gasteiger partial charge is 0.457 e. The van der Waals surface area contributed by atoms with E-state index in [1.54, 1.807) is 12.1 Å². The van der Waals surface area contributed by atoms with Gasteiger partial charge in [0.1, 0.15) is 11.5 Å². The fourth-order valence-electron chi connectivity index (χ4n) is 3.31. The molecule has 1 heterocycles. The molecule has 142 valence electrons. The maximum atomic E-state index is 12.9. The zero-order valence-electron chi connectivity index (χ0n) is 15.7. The van der Waals surface area contributed by atoms with E-state index >= 15 is 0 Å². The summed E-state index contributed by atoms with van der Waals surface area (Å²) in [6.07, 6.45) is 3.16. The summed E-state index contributed by atoms with van der Waals surface area (Å²) >= 11 is 0. The molecule has 5 heteroatoms. The van der Waals surface area contributed by atoms with Crippen molar-refractivity contribution in [3.63, 3.8) is 0 Å². The Bertz CT molecular complexity index is 776. The highest BCUT2D eigenvalue weighted by molar-refractivity contribution is 5.94. The van der Waals surface area contributed by atoms with Gasteiger partial charge in [0.15, 0.2) is 0 Å². The van der Waals surface area contributed by atoms with Crippen molar-refractivity contribution in [2.24, 2.45) is 0 Å². The van der Waals surface area contributed by atoms with Crippen molar-refractivity contribution in [1.29, 1.82) is 0 Å². The first-order valence-electron chi connectivity index (χ1n) is 9.57. The van der Waals surface area contributed by atoms with Crippen LogP contribution >= 0.6 is 0 Å². The number of carbonyl (C=O) groups is 2. The third-order valence-corrected chi connectivity index (χ3v) is 4.61. The van der Waals surface area contributed by atoms with Crippen LogP contribution < -0.4 is 10.1 Å². The second kappa shape index (κ2) is 9.21. The lowest BCUT2D eigenvalue weighted by Gasteiger charge is -2.33. The number of hydrogen-bond acceptors (Lipinski definition) is 3. The predicted molar refractivity (Wildman–Crippen MR) is 105 cm³/mol. The third-order valence-electron chi connectivity index (χ3n) is 4.61. The first-order chi connectivity index (χ1) is 13.2. The molecule has 0 aliphatic carbocycles. The number of hydrogen-bond donors (Lipinski definition) is 1. The average molecular weight is 366 g/mol. The molecule has 0 saturated carbocycles. The van der Waals surface area contributed by atoms with Crippen LogP contribution in [0.4, 0.5) is 0 Å². The number of nitrogens with zero attached hydrogens (tertiary/aromatic N) is 1. The minimum Gasteiger partial charge on any atom is -0.457 e. The SMILES string of the molecule is CCCC(=O)N[C@H]1CCCN(C(=O)c2cccc(Oc3ccccc3)c2)C1. The second-order valence-corrected chi connectivity index (χ2v) is 6.85. The van der Waals surface area contributed by atoms with Crippen LogP contribution in [0.15, 0.2) is 54.6 Å². The lowest BCUT2D eigenvalue weighted by molar-refractivity contribution is -0.122. The molecule has 2 aromatic rings. The van der Waals surface area contributed by atoms with Gasteiger partial charge in [-0.25, -0.2) is 0 Å². The van der Waals surface area contributed by atoms with E-state index in [1.807, 2.05) is 54.3 Å². The number of nitrogens with one attached hydrogen (secondary N) is 1. The van der Waals surface area contributed by atoms with Crippen LogP contribution in [0.2, 0.25) is 0 Å². The second-order valence-electron chi connectivity index (χ2n) is 6.85. The summed E-state index contributed by atoms with van der Waals surface area (Å²) in [7, 11) is 0. The zero-order chi connectivity index (χ0) is 19.1. The monoisotopic (exact) mass is 366 g/mol.